The van der Waals surface area contributed by atoms with Crippen molar-refractivity contribution in [1.29, 1.82) is 0 Å². The molecule has 0 heterocycles. The van der Waals surface area contributed by atoms with Gasteiger partial charge in [-0.05, 0) is 47.0 Å². The number of anilines is 2. The summed E-state index contributed by atoms with van der Waals surface area (Å²) in [5.74, 6) is 0.175. The highest BCUT2D eigenvalue weighted by atomic mass is 16.3. The van der Waals surface area contributed by atoms with Gasteiger partial charge in [0.1, 0.15) is 11.5 Å². The lowest BCUT2D eigenvalue weighted by molar-refractivity contribution is 0.465. The lowest BCUT2D eigenvalue weighted by Gasteiger charge is -2.18. The van der Waals surface area contributed by atoms with Crippen molar-refractivity contribution < 1.29 is 10.2 Å². The maximum atomic E-state index is 11.2. The number of benzene rings is 4. The van der Waals surface area contributed by atoms with Crippen LogP contribution in [0.3, 0.4) is 0 Å². The normalized spacial score (nSPS) is 10.7. The first-order valence-electron chi connectivity index (χ1n) is 8.91. The molecule has 4 aromatic rings. The smallest absolute Gasteiger partial charge is 0.132 e. The van der Waals surface area contributed by atoms with Gasteiger partial charge in [0.15, 0.2) is 0 Å². The van der Waals surface area contributed by atoms with E-state index >= 15 is 0 Å². The van der Waals surface area contributed by atoms with Gasteiger partial charge in [0, 0.05) is 28.1 Å². The molecule has 0 amide bonds. The Hall–Kier alpha value is -3.92. The molecule has 6 N–H and O–H groups in total. The van der Waals surface area contributed by atoms with Gasteiger partial charge in [-0.15, -0.1) is 0 Å². The number of nitrogens with two attached hydrogens (primary N) is 2. The third-order valence-corrected chi connectivity index (χ3v) is 4.76. The van der Waals surface area contributed by atoms with E-state index in [2.05, 4.69) is 0 Å². The van der Waals surface area contributed by atoms with Crippen LogP contribution >= 0.6 is 0 Å². The summed E-state index contributed by atoms with van der Waals surface area (Å²) < 4.78 is 0. The van der Waals surface area contributed by atoms with Gasteiger partial charge in [-0.25, -0.2) is 0 Å². The summed E-state index contributed by atoms with van der Waals surface area (Å²) >= 11 is 0. The molecule has 0 aliphatic carbocycles. The van der Waals surface area contributed by atoms with Gasteiger partial charge in [0.25, 0.3) is 0 Å². The van der Waals surface area contributed by atoms with Crippen LogP contribution < -0.4 is 11.5 Å². The molecule has 4 aromatic carbocycles. The molecule has 0 unspecified atom stereocenters. The van der Waals surface area contributed by atoms with Crippen molar-refractivity contribution in [2.45, 2.75) is 0 Å². The first-order chi connectivity index (χ1) is 13.5. The molecule has 138 valence electrons. The Morgan fingerprint density at radius 3 is 1.61 bits per heavy atom. The minimum atomic E-state index is 0.0858. The molecular formula is C24H20N2O2. The maximum absolute atomic E-state index is 11.2. The first kappa shape index (κ1) is 17.5. The van der Waals surface area contributed by atoms with E-state index in [1.165, 1.54) is 0 Å². The highest BCUT2D eigenvalue weighted by Crippen LogP contribution is 2.49. The summed E-state index contributed by atoms with van der Waals surface area (Å²) in [4.78, 5) is 0. The molecule has 4 heteroatoms. The molecule has 0 bridgehead atoms. The van der Waals surface area contributed by atoms with Crippen molar-refractivity contribution in [1.82, 2.24) is 0 Å². The fraction of sp³-hybridized carbons (Fsp3) is 0. The van der Waals surface area contributed by atoms with E-state index < -0.39 is 0 Å². The average Bonchev–Trinajstić information content (AvgIpc) is 2.71. The Balaban J connectivity index is 2.03. The lowest BCUT2D eigenvalue weighted by atomic mass is 9.89. The highest BCUT2D eigenvalue weighted by molar-refractivity contribution is 5.96. The standard InChI is InChI=1S/C24H20N2O2/c25-18-10-6-15(7-11-18)20-14-21(27)22(16-4-2-1-3-5-16)23(24(20)28)17-8-12-19(26)13-9-17/h1-14,27-28H,25-26H2. The molecule has 0 aliphatic heterocycles. The molecule has 0 aliphatic rings. The molecule has 4 rings (SSSR count). The van der Waals surface area contributed by atoms with E-state index in [1.54, 1.807) is 30.3 Å². The van der Waals surface area contributed by atoms with Crippen LogP contribution in [0.4, 0.5) is 11.4 Å². The molecule has 0 atom stereocenters. The zero-order valence-corrected chi connectivity index (χ0v) is 15.1. The molecule has 0 fully saturated rings. The van der Waals surface area contributed by atoms with Crippen molar-refractivity contribution >= 4 is 11.4 Å². The fourth-order valence-electron chi connectivity index (χ4n) is 3.37. The zero-order valence-electron chi connectivity index (χ0n) is 15.1. The van der Waals surface area contributed by atoms with Crippen LogP contribution in [-0.4, -0.2) is 10.2 Å². The number of phenols is 2. The summed E-state index contributed by atoms with van der Waals surface area (Å²) in [5, 5.41) is 22.1. The number of rotatable bonds is 3. The van der Waals surface area contributed by atoms with Crippen LogP contribution in [0, 0.1) is 0 Å². The molecule has 4 nitrogen and oxygen atoms in total. The fourth-order valence-corrected chi connectivity index (χ4v) is 3.37. The number of phenolic OH excluding ortho intramolecular Hbond substituents is 2. The lowest BCUT2D eigenvalue weighted by Crippen LogP contribution is -1.92. The van der Waals surface area contributed by atoms with Gasteiger partial charge in [-0.3, -0.25) is 0 Å². The Morgan fingerprint density at radius 1 is 0.536 bits per heavy atom. The predicted octanol–water partition coefficient (Wildman–Crippen LogP) is 5.26. The molecule has 28 heavy (non-hydrogen) atoms. The minimum absolute atomic E-state index is 0.0858. The summed E-state index contributed by atoms with van der Waals surface area (Å²) in [7, 11) is 0. The van der Waals surface area contributed by atoms with Crippen molar-refractivity contribution in [3.8, 4) is 44.9 Å². The minimum Gasteiger partial charge on any atom is -0.507 e. The maximum Gasteiger partial charge on any atom is 0.132 e. The van der Waals surface area contributed by atoms with Crippen molar-refractivity contribution in [2.24, 2.45) is 0 Å². The average molecular weight is 368 g/mol. The Bertz CT molecular complexity index is 1120. The van der Waals surface area contributed by atoms with Gasteiger partial charge < -0.3 is 21.7 Å². The highest BCUT2D eigenvalue weighted by Gasteiger charge is 2.21. The predicted molar refractivity (Wildman–Crippen MR) is 115 cm³/mol. The van der Waals surface area contributed by atoms with E-state index in [-0.39, 0.29) is 11.5 Å². The van der Waals surface area contributed by atoms with Crippen LogP contribution in [0.5, 0.6) is 11.5 Å². The zero-order chi connectivity index (χ0) is 19.7. The first-order valence-corrected chi connectivity index (χ1v) is 8.91. The van der Waals surface area contributed by atoms with Gasteiger partial charge in [-0.2, -0.15) is 0 Å². The van der Waals surface area contributed by atoms with E-state index in [1.807, 2.05) is 54.6 Å². The van der Waals surface area contributed by atoms with Crippen LogP contribution in [0.1, 0.15) is 0 Å². The summed E-state index contributed by atoms with van der Waals surface area (Å²) in [6.07, 6.45) is 0. The monoisotopic (exact) mass is 368 g/mol. The Labute approximate surface area is 163 Å². The number of hydrogen-bond acceptors (Lipinski definition) is 4. The largest absolute Gasteiger partial charge is 0.507 e. The molecular weight excluding hydrogens is 348 g/mol. The van der Waals surface area contributed by atoms with Crippen molar-refractivity contribution in [3.05, 3.63) is 84.9 Å². The third kappa shape index (κ3) is 3.12. The number of aromatic hydroxyl groups is 2. The quantitative estimate of drug-likeness (QED) is 0.293. The SMILES string of the molecule is Nc1ccc(-c2cc(O)c(-c3ccccc3)c(-c3ccc(N)cc3)c2O)cc1. The van der Waals surface area contributed by atoms with E-state index in [0.29, 0.717) is 28.1 Å². The van der Waals surface area contributed by atoms with Crippen LogP contribution in [0.2, 0.25) is 0 Å². The Morgan fingerprint density at radius 2 is 1.04 bits per heavy atom. The van der Waals surface area contributed by atoms with Gasteiger partial charge in [0.2, 0.25) is 0 Å². The second kappa shape index (κ2) is 7.00. The molecule has 0 saturated heterocycles. The number of nitrogen functional groups attached to an aromatic ring is 2. The second-order valence-corrected chi connectivity index (χ2v) is 6.65. The summed E-state index contributed by atoms with van der Waals surface area (Å²) in [6.45, 7) is 0. The molecule has 0 spiro atoms. The van der Waals surface area contributed by atoms with Gasteiger partial charge in [-0.1, -0.05) is 54.6 Å². The van der Waals surface area contributed by atoms with E-state index in [0.717, 1.165) is 16.7 Å². The summed E-state index contributed by atoms with van der Waals surface area (Å²) in [6, 6.07) is 25.5. The van der Waals surface area contributed by atoms with Crippen molar-refractivity contribution in [2.75, 3.05) is 11.5 Å². The molecule has 0 aromatic heterocycles. The molecule has 0 saturated carbocycles. The molecule has 0 radical (unpaired) electrons. The third-order valence-electron chi connectivity index (χ3n) is 4.76. The van der Waals surface area contributed by atoms with E-state index in [4.69, 9.17) is 11.5 Å². The van der Waals surface area contributed by atoms with Gasteiger partial charge in [0.05, 0.1) is 0 Å². The number of hydrogen-bond donors (Lipinski definition) is 4. The summed E-state index contributed by atoms with van der Waals surface area (Å²) in [5.41, 5.74) is 16.9. The van der Waals surface area contributed by atoms with Crippen LogP contribution in [-0.2, 0) is 0 Å². The van der Waals surface area contributed by atoms with E-state index in [9.17, 15) is 10.2 Å². The van der Waals surface area contributed by atoms with Crippen LogP contribution in [0.25, 0.3) is 33.4 Å². The Kier molecular flexibility index (Phi) is 4.38. The second-order valence-electron chi connectivity index (χ2n) is 6.65. The van der Waals surface area contributed by atoms with Gasteiger partial charge >= 0.3 is 0 Å². The van der Waals surface area contributed by atoms with Crippen molar-refractivity contribution in [3.63, 3.8) is 0 Å². The topological polar surface area (TPSA) is 92.5 Å². The van der Waals surface area contributed by atoms with Crippen LogP contribution in [0.15, 0.2) is 84.9 Å².